The van der Waals surface area contributed by atoms with E-state index >= 15 is 0 Å². The summed E-state index contributed by atoms with van der Waals surface area (Å²) in [6.45, 7) is -0.714. The zero-order valence-corrected chi connectivity index (χ0v) is 23.7. The Morgan fingerprint density at radius 3 is 2.42 bits per heavy atom. The molecule has 0 bridgehead atoms. The lowest BCUT2D eigenvalue weighted by molar-refractivity contribution is -0.0483. The van der Waals surface area contributed by atoms with Gasteiger partial charge in [0.15, 0.2) is 29.1 Å². The Hall–Kier alpha value is -1.96. The van der Waals surface area contributed by atoms with Crippen molar-refractivity contribution in [3.05, 3.63) is 41.4 Å². The van der Waals surface area contributed by atoms with Crippen molar-refractivity contribution in [3.63, 3.8) is 0 Å². The molecule has 14 nitrogen and oxygen atoms in total. The lowest BCUT2D eigenvalue weighted by atomic mass is 9.84. The fourth-order valence-electron chi connectivity index (χ4n) is 5.13. The van der Waals surface area contributed by atoms with Crippen LogP contribution in [0.25, 0.3) is 11.2 Å². The summed E-state index contributed by atoms with van der Waals surface area (Å²) in [5, 5.41) is 24.2. The van der Waals surface area contributed by atoms with E-state index in [1.165, 1.54) is 48.6 Å². The van der Waals surface area contributed by atoms with Crippen LogP contribution in [0.4, 0.5) is 11.5 Å². The van der Waals surface area contributed by atoms with Crippen molar-refractivity contribution >= 4 is 49.5 Å². The molecule has 2 fully saturated rings. The average Bonchev–Trinajstić information content (AvgIpc) is 3.43. The number of aliphatic hydroxyl groups is 2. The predicted molar refractivity (Wildman–Crippen MR) is 144 cm³/mol. The molecule has 0 spiro atoms. The molecule has 5 unspecified atom stereocenters. The van der Waals surface area contributed by atoms with Gasteiger partial charge in [-0.15, -0.1) is 0 Å². The summed E-state index contributed by atoms with van der Waals surface area (Å²) in [6, 6.07) is 8.10. The Labute approximate surface area is 234 Å². The van der Waals surface area contributed by atoms with Crippen LogP contribution in [0.15, 0.2) is 30.6 Å². The van der Waals surface area contributed by atoms with Crippen molar-refractivity contribution < 1.29 is 43.3 Å². The molecule has 1 aliphatic heterocycles. The highest BCUT2D eigenvalue weighted by Crippen LogP contribution is 2.55. The van der Waals surface area contributed by atoms with Crippen molar-refractivity contribution in [1.82, 2.24) is 19.5 Å². The van der Waals surface area contributed by atoms with Crippen molar-refractivity contribution in [2.45, 2.75) is 62.6 Å². The summed E-state index contributed by atoms with van der Waals surface area (Å²) >= 11 is 6.20. The number of hydrogen-bond donors (Lipinski definition) is 6. The fourth-order valence-corrected chi connectivity index (χ4v) is 7.87. The maximum atomic E-state index is 12.0. The van der Waals surface area contributed by atoms with E-state index < -0.39 is 52.2 Å². The molecule has 1 saturated carbocycles. The molecule has 17 heteroatoms. The van der Waals surface area contributed by atoms with Gasteiger partial charge in [0.05, 0.1) is 12.9 Å². The smallest absolute Gasteiger partial charge is 0.340 e. The number of fused-ring (bicyclic) bond motifs is 1. The van der Waals surface area contributed by atoms with Gasteiger partial charge in [-0.1, -0.05) is 31.4 Å². The van der Waals surface area contributed by atoms with Crippen molar-refractivity contribution in [2.24, 2.45) is 0 Å². The maximum absolute atomic E-state index is 12.0. The topological polar surface area (TPSA) is 209 Å². The molecule has 3 aromatic rings. The summed E-state index contributed by atoms with van der Waals surface area (Å²) in [5.74, 6) is -0.516. The van der Waals surface area contributed by atoms with Crippen molar-refractivity contribution in [2.75, 3.05) is 17.8 Å². The SMILES string of the molecule is O=P(O)(O)CP(=O)(O)OCC1OC(n2cnc3c(Nc4ccc(C5CCCCC5)cc4)nc(Cl)nc32)C(O)C1O. The Kier molecular flexibility index (Phi) is 8.66. The molecule has 5 atom stereocenters. The average molecular weight is 618 g/mol. The molecule has 0 radical (unpaired) electrons. The van der Waals surface area contributed by atoms with Crippen LogP contribution >= 0.6 is 26.8 Å². The molecule has 2 aliphatic rings. The molecule has 40 heavy (non-hydrogen) atoms. The highest BCUT2D eigenvalue weighted by Gasteiger charge is 2.45. The number of aromatic nitrogens is 4. The van der Waals surface area contributed by atoms with Gasteiger partial charge in [0.2, 0.25) is 5.28 Å². The molecule has 3 heterocycles. The fraction of sp³-hybridized carbons (Fsp3) is 0.522. The first kappa shape index (κ1) is 29.5. The Bertz CT molecular complexity index is 1450. The van der Waals surface area contributed by atoms with Crippen LogP contribution in [0, 0.1) is 0 Å². The van der Waals surface area contributed by atoms with E-state index in [4.69, 9.17) is 30.6 Å². The van der Waals surface area contributed by atoms with Crippen LogP contribution < -0.4 is 5.32 Å². The highest BCUT2D eigenvalue weighted by molar-refractivity contribution is 7.70. The van der Waals surface area contributed by atoms with E-state index in [1.807, 2.05) is 12.1 Å². The zero-order chi connectivity index (χ0) is 28.7. The maximum Gasteiger partial charge on any atom is 0.340 e. The van der Waals surface area contributed by atoms with Crippen molar-refractivity contribution in [1.29, 1.82) is 0 Å². The van der Waals surface area contributed by atoms with E-state index in [1.54, 1.807) is 0 Å². The molecule has 1 aromatic carbocycles. The number of hydrogen-bond acceptors (Lipinski definition) is 10. The second-order valence-corrected chi connectivity index (χ2v) is 14.4. The third kappa shape index (κ3) is 6.74. The van der Waals surface area contributed by atoms with E-state index in [-0.39, 0.29) is 10.9 Å². The number of ether oxygens (including phenoxy) is 1. The quantitative estimate of drug-likeness (QED) is 0.151. The molecule has 218 valence electrons. The number of benzene rings is 1. The first-order valence-electron chi connectivity index (χ1n) is 12.7. The molecule has 6 N–H and O–H groups in total. The van der Waals surface area contributed by atoms with Crippen molar-refractivity contribution in [3.8, 4) is 0 Å². The van der Waals surface area contributed by atoms with E-state index in [2.05, 4.69) is 32.4 Å². The molecule has 2 aromatic heterocycles. The number of anilines is 2. The lowest BCUT2D eigenvalue weighted by Gasteiger charge is -2.22. The Morgan fingerprint density at radius 2 is 1.75 bits per heavy atom. The van der Waals surface area contributed by atoms with Crippen LogP contribution in [0.5, 0.6) is 0 Å². The summed E-state index contributed by atoms with van der Waals surface area (Å²) in [5.41, 5.74) is 2.56. The van der Waals surface area contributed by atoms with E-state index in [9.17, 15) is 24.2 Å². The largest absolute Gasteiger partial charge is 0.387 e. The number of halogens is 1. The second kappa shape index (κ2) is 11.7. The zero-order valence-electron chi connectivity index (χ0n) is 21.2. The van der Waals surface area contributed by atoms with Gasteiger partial charge >= 0.3 is 15.2 Å². The monoisotopic (exact) mass is 617 g/mol. The van der Waals surface area contributed by atoms with Crippen LogP contribution in [-0.4, -0.2) is 75.2 Å². The van der Waals surface area contributed by atoms with Gasteiger partial charge in [-0.3, -0.25) is 13.7 Å². The number of nitrogens with zero attached hydrogens (tertiary/aromatic N) is 4. The Morgan fingerprint density at radius 1 is 1.05 bits per heavy atom. The van der Waals surface area contributed by atoms with Crippen LogP contribution in [0.2, 0.25) is 5.28 Å². The second-order valence-electron chi connectivity index (χ2n) is 10.0. The molecule has 0 amide bonds. The van der Waals surface area contributed by atoms with Gasteiger partial charge in [-0.05, 0) is 48.1 Å². The predicted octanol–water partition coefficient (Wildman–Crippen LogP) is 3.23. The van der Waals surface area contributed by atoms with Gasteiger partial charge in [-0.2, -0.15) is 9.97 Å². The minimum atomic E-state index is -4.84. The van der Waals surface area contributed by atoms with Gasteiger partial charge in [0.25, 0.3) is 0 Å². The Balaban J connectivity index is 1.33. The van der Waals surface area contributed by atoms with Crippen LogP contribution in [0.1, 0.15) is 49.8 Å². The number of aliphatic hydroxyl groups excluding tert-OH is 2. The number of nitrogens with one attached hydrogen (secondary N) is 1. The third-order valence-electron chi connectivity index (χ3n) is 7.06. The van der Waals surface area contributed by atoms with Gasteiger partial charge in [0.1, 0.15) is 18.3 Å². The van der Waals surface area contributed by atoms with Gasteiger partial charge in [0, 0.05) is 5.69 Å². The first-order chi connectivity index (χ1) is 18.9. The summed E-state index contributed by atoms with van der Waals surface area (Å²) < 4.78 is 34.8. The first-order valence-corrected chi connectivity index (χ1v) is 16.6. The molecule has 1 aliphatic carbocycles. The standard InChI is InChI=1S/C23H30ClN5O9P2/c24-23-27-20(26-15-8-6-14(7-9-15)13-4-2-1-3-5-13)17-21(28-23)29(11-25-17)22-19(31)18(30)16(38-22)10-37-40(35,36)12-39(32,33)34/h6-9,11,13,16,18-19,22,30-31H,1-5,10,12H2,(H,35,36)(H,26,27,28)(H2,32,33,34). The molecule has 5 rings (SSSR count). The van der Waals surface area contributed by atoms with E-state index in [0.717, 1.165) is 5.69 Å². The third-order valence-corrected chi connectivity index (χ3v) is 10.7. The normalized spacial score (nSPS) is 25.8. The molecular formula is C23H30ClN5O9P2. The summed E-state index contributed by atoms with van der Waals surface area (Å²) in [6.07, 6.45) is 1.86. The minimum Gasteiger partial charge on any atom is -0.387 e. The summed E-state index contributed by atoms with van der Waals surface area (Å²) in [4.78, 5) is 40.4. The van der Waals surface area contributed by atoms with E-state index in [0.29, 0.717) is 17.3 Å². The number of rotatable bonds is 9. The highest BCUT2D eigenvalue weighted by atomic mass is 35.5. The molecule has 1 saturated heterocycles. The number of imidazole rings is 1. The van der Waals surface area contributed by atoms with Crippen LogP contribution in [-0.2, 0) is 18.4 Å². The minimum absolute atomic E-state index is 0.109. The molecular weight excluding hydrogens is 588 g/mol. The van der Waals surface area contributed by atoms with Gasteiger partial charge < -0.3 is 39.5 Å². The van der Waals surface area contributed by atoms with Crippen LogP contribution in [0.3, 0.4) is 0 Å². The summed E-state index contributed by atoms with van der Waals surface area (Å²) in [7, 11) is -9.53. The van der Waals surface area contributed by atoms with Gasteiger partial charge in [-0.25, -0.2) is 4.98 Å². The lowest BCUT2D eigenvalue weighted by Crippen LogP contribution is -2.33.